The van der Waals surface area contributed by atoms with Crippen LogP contribution in [0.5, 0.6) is 0 Å². The summed E-state index contributed by atoms with van der Waals surface area (Å²) < 4.78 is 3.89. The van der Waals surface area contributed by atoms with E-state index in [0.717, 1.165) is 36.4 Å². The summed E-state index contributed by atoms with van der Waals surface area (Å²) >= 11 is 0. The van der Waals surface area contributed by atoms with E-state index in [1.807, 2.05) is 66.1 Å². The van der Waals surface area contributed by atoms with Crippen LogP contribution in [0, 0.1) is 0 Å². The molecule has 1 saturated heterocycles. The fourth-order valence-electron chi connectivity index (χ4n) is 4.12. The van der Waals surface area contributed by atoms with Gasteiger partial charge in [0.1, 0.15) is 5.82 Å². The largest absolute Gasteiger partial charge is 0.338 e. The summed E-state index contributed by atoms with van der Waals surface area (Å²) in [5, 5.41) is 4.31. The molecule has 0 N–H and O–H groups in total. The Morgan fingerprint density at radius 1 is 1.07 bits per heavy atom. The highest BCUT2D eigenvalue weighted by Gasteiger charge is 2.29. The second-order valence-corrected chi connectivity index (χ2v) is 7.41. The summed E-state index contributed by atoms with van der Waals surface area (Å²) in [4.78, 5) is 24.2. The van der Waals surface area contributed by atoms with E-state index in [1.165, 1.54) is 0 Å². The quantitative estimate of drug-likeness (QED) is 0.541. The van der Waals surface area contributed by atoms with Gasteiger partial charge in [-0.2, -0.15) is 5.10 Å². The maximum absolute atomic E-state index is 13.2. The Balaban J connectivity index is 1.36. The molecule has 1 amide bonds. The van der Waals surface area contributed by atoms with E-state index in [4.69, 9.17) is 0 Å². The molecule has 1 aliphatic rings. The van der Waals surface area contributed by atoms with Crippen LogP contribution in [0.25, 0.3) is 5.52 Å². The van der Waals surface area contributed by atoms with E-state index < -0.39 is 0 Å². The number of fused-ring (bicyclic) bond motifs is 1. The van der Waals surface area contributed by atoms with Crippen LogP contribution in [0.1, 0.15) is 40.6 Å². The molecule has 0 unspecified atom stereocenters. The number of rotatable bonds is 4. The van der Waals surface area contributed by atoms with Gasteiger partial charge in [-0.15, -0.1) is 0 Å². The van der Waals surface area contributed by atoms with Gasteiger partial charge in [0.25, 0.3) is 5.91 Å². The lowest BCUT2D eigenvalue weighted by Gasteiger charge is -2.32. The number of pyridine rings is 2. The summed E-state index contributed by atoms with van der Waals surface area (Å²) in [5.74, 6) is 1.28. The molecule has 1 atom stereocenters. The summed E-state index contributed by atoms with van der Waals surface area (Å²) in [7, 11) is 0. The van der Waals surface area contributed by atoms with Crippen LogP contribution in [-0.2, 0) is 6.54 Å². The van der Waals surface area contributed by atoms with Crippen molar-refractivity contribution < 1.29 is 4.79 Å². The molecule has 146 valence electrons. The number of aromatic nitrogens is 5. The zero-order valence-electron chi connectivity index (χ0n) is 16.1. The van der Waals surface area contributed by atoms with Gasteiger partial charge in [-0.1, -0.05) is 12.1 Å². The van der Waals surface area contributed by atoms with Gasteiger partial charge in [-0.05, 0) is 37.1 Å². The van der Waals surface area contributed by atoms with Crippen molar-refractivity contribution >= 4 is 11.4 Å². The zero-order valence-corrected chi connectivity index (χ0v) is 16.1. The Morgan fingerprint density at radius 3 is 2.90 bits per heavy atom. The molecular weight excluding hydrogens is 364 g/mol. The third kappa shape index (κ3) is 3.40. The molecule has 1 aliphatic heterocycles. The van der Waals surface area contributed by atoms with Crippen molar-refractivity contribution in [1.82, 2.24) is 29.0 Å². The van der Waals surface area contributed by atoms with Gasteiger partial charge in [-0.25, -0.2) is 9.50 Å². The maximum Gasteiger partial charge on any atom is 0.257 e. The Morgan fingerprint density at radius 2 is 2.00 bits per heavy atom. The smallest absolute Gasteiger partial charge is 0.257 e. The lowest BCUT2D eigenvalue weighted by atomic mass is 9.96. The van der Waals surface area contributed by atoms with Gasteiger partial charge in [0.15, 0.2) is 0 Å². The fraction of sp³-hybridized carbons (Fsp3) is 0.273. The number of carbonyl (C=O) groups excluding carboxylic acids is 1. The number of likely N-dealkylation sites (tertiary alicyclic amines) is 1. The first-order valence-electron chi connectivity index (χ1n) is 9.92. The summed E-state index contributed by atoms with van der Waals surface area (Å²) in [6.45, 7) is 2.12. The number of amides is 1. The van der Waals surface area contributed by atoms with E-state index in [-0.39, 0.29) is 11.8 Å². The zero-order chi connectivity index (χ0) is 19.6. The summed E-state index contributed by atoms with van der Waals surface area (Å²) in [6.07, 6.45) is 11.2. The number of carbonyl (C=O) groups is 1. The molecule has 7 nitrogen and oxygen atoms in total. The number of imidazole rings is 1. The summed E-state index contributed by atoms with van der Waals surface area (Å²) in [6, 6.07) is 11.7. The average molecular weight is 386 g/mol. The molecule has 29 heavy (non-hydrogen) atoms. The summed E-state index contributed by atoms with van der Waals surface area (Å²) in [5.41, 5.74) is 2.50. The molecule has 0 bridgehead atoms. The SMILES string of the molecule is O=C(c1cnn2ccccc12)N1CCC[C@H](c2nccn2Cc2ccccn2)C1. The van der Waals surface area contributed by atoms with Gasteiger partial charge in [0.2, 0.25) is 0 Å². The highest BCUT2D eigenvalue weighted by molar-refractivity contribution is 6.00. The van der Waals surface area contributed by atoms with Gasteiger partial charge in [-0.3, -0.25) is 9.78 Å². The third-order valence-corrected chi connectivity index (χ3v) is 5.54. The van der Waals surface area contributed by atoms with Crippen LogP contribution >= 0.6 is 0 Å². The number of hydrogen-bond donors (Lipinski definition) is 0. The van der Waals surface area contributed by atoms with Crippen molar-refractivity contribution in [3.05, 3.63) is 84.5 Å². The van der Waals surface area contributed by atoms with Crippen LogP contribution in [0.2, 0.25) is 0 Å². The van der Waals surface area contributed by atoms with Crippen LogP contribution in [0.3, 0.4) is 0 Å². The standard InChI is InChI=1S/C22H22N6O/c29-22(19-14-25-28-12-4-2-8-20(19)28)27-11-5-6-17(15-27)21-24-10-13-26(21)16-18-7-1-3-9-23-18/h1-4,7-10,12-14,17H,5-6,11,15-16H2/t17-/m0/s1. The van der Waals surface area contributed by atoms with Crippen LogP contribution in [0.15, 0.2) is 67.4 Å². The molecule has 0 aliphatic carbocycles. The highest BCUT2D eigenvalue weighted by atomic mass is 16.2. The van der Waals surface area contributed by atoms with Crippen LogP contribution in [0.4, 0.5) is 0 Å². The second kappa shape index (κ2) is 7.50. The lowest BCUT2D eigenvalue weighted by Crippen LogP contribution is -2.39. The minimum absolute atomic E-state index is 0.0405. The molecule has 1 fully saturated rings. The predicted octanol–water partition coefficient (Wildman–Crippen LogP) is 2.99. The average Bonchev–Trinajstić information content (AvgIpc) is 3.41. The molecule has 5 heterocycles. The Hall–Kier alpha value is -3.48. The first kappa shape index (κ1) is 17.6. The van der Waals surface area contributed by atoms with Crippen LogP contribution < -0.4 is 0 Å². The molecular formula is C22H22N6O. The number of hydrogen-bond acceptors (Lipinski definition) is 4. The van der Waals surface area contributed by atoms with E-state index in [0.29, 0.717) is 18.7 Å². The maximum atomic E-state index is 13.2. The van der Waals surface area contributed by atoms with E-state index in [1.54, 1.807) is 10.7 Å². The molecule has 4 aromatic rings. The van der Waals surface area contributed by atoms with E-state index >= 15 is 0 Å². The Labute approximate surface area is 168 Å². The molecule has 7 heteroatoms. The lowest BCUT2D eigenvalue weighted by molar-refractivity contribution is 0.0705. The minimum Gasteiger partial charge on any atom is -0.338 e. The van der Waals surface area contributed by atoms with Crippen molar-refractivity contribution in [1.29, 1.82) is 0 Å². The molecule has 0 spiro atoms. The van der Waals surface area contributed by atoms with Crippen molar-refractivity contribution in [2.45, 2.75) is 25.3 Å². The normalized spacial score (nSPS) is 17.0. The van der Waals surface area contributed by atoms with Crippen molar-refractivity contribution in [3.8, 4) is 0 Å². The number of nitrogens with zero attached hydrogens (tertiary/aromatic N) is 6. The molecule has 0 aromatic carbocycles. The monoisotopic (exact) mass is 386 g/mol. The van der Waals surface area contributed by atoms with Crippen LogP contribution in [-0.4, -0.2) is 48.0 Å². The molecule has 0 radical (unpaired) electrons. The minimum atomic E-state index is 0.0405. The van der Waals surface area contributed by atoms with Crippen molar-refractivity contribution in [3.63, 3.8) is 0 Å². The first-order chi connectivity index (χ1) is 14.3. The van der Waals surface area contributed by atoms with E-state index in [2.05, 4.69) is 19.6 Å². The van der Waals surface area contributed by atoms with Crippen molar-refractivity contribution in [2.75, 3.05) is 13.1 Å². The Bertz CT molecular complexity index is 1130. The third-order valence-electron chi connectivity index (χ3n) is 5.54. The van der Waals surface area contributed by atoms with Gasteiger partial charge >= 0.3 is 0 Å². The molecule has 5 rings (SSSR count). The highest BCUT2D eigenvalue weighted by Crippen LogP contribution is 2.27. The van der Waals surface area contributed by atoms with Crippen molar-refractivity contribution in [2.24, 2.45) is 0 Å². The Kier molecular flexibility index (Phi) is 4.56. The molecule has 4 aromatic heterocycles. The van der Waals surface area contributed by atoms with Gasteiger partial charge < -0.3 is 9.47 Å². The number of piperidine rings is 1. The first-order valence-corrected chi connectivity index (χ1v) is 9.92. The van der Waals surface area contributed by atoms with Gasteiger partial charge in [0, 0.05) is 43.8 Å². The molecule has 0 saturated carbocycles. The van der Waals surface area contributed by atoms with Gasteiger partial charge in [0.05, 0.1) is 29.5 Å². The second-order valence-electron chi connectivity index (χ2n) is 7.41. The van der Waals surface area contributed by atoms with E-state index in [9.17, 15) is 4.79 Å². The topological polar surface area (TPSA) is 68.3 Å². The fourth-order valence-corrected chi connectivity index (χ4v) is 4.12. The predicted molar refractivity (Wildman–Crippen MR) is 109 cm³/mol.